The fraction of sp³-hybridized carbons (Fsp3) is 0.467. The van der Waals surface area contributed by atoms with Crippen LogP contribution in [0.5, 0.6) is 5.75 Å². The summed E-state index contributed by atoms with van der Waals surface area (Å²) >= 11 is 0. The summed E-state index contributed by atoms with van der Waals surface area (Å²) in [4.78, 5) is 23.4. The Balaban J connectivity index is 2.60. The summed E-state index contributed by atoms with van der Waals surface area (Å²) in [6.07, 6.45) is 0.925. The summed E-state index contributed by atoms with van der Waals surface area (Å²) in [7, 11) is 1.59. The van der Waals surface area contributed by atoms with Crippen LogP contribution in [0.25, 0.3) is 0 Å². The zero-order valence-corrected chi connectivity index (χ0v) is 11.8. The van der Waals surface area contributed by atoms with Gasteiger partial charge in [-0.2, -0.15) is 0 Å². The second-order valence-corrected chi connectivity index (χ2v) is 5.84. The van der Waals surface area contributed by atoms with Crippen LogP contribution in [0, 0.1) is 0 Å². The molecule has 1 aromatic carbocycles. The summed E-state index contributed by atoms with van der Waals surface area (Å²) in [6, 6.07) is 3.73. The highest BCUT2D eigenvalue weighted by molar-refractivity contribution is 6.07. The molecule has 1 aliphatic rings. The zero-order chi connectivity index (χ0) is 14.2. The van der Waals surface area contributed by atoms with E-state index in [1.165, 1.54) is 0 Å². The Kier molecular flexibility index (Phi) is 3.35. The van der Waals surface area contributed by atoms with E-state index in [4.69, 9.17) is 4.74 Å². The molecule has 1 N–H and O–H groups in total. The molecule has 19 heavy (non-hydrogen) atoms. The number of hydrogen-bond acceptors (Lipinski definition) is 3. The highest BCUT2D eigenvalue weighted by Gasteiger charge is 2.26. The number of carbonyl (C=O) groups is 2. The minimum absolute atomic E-state index is 0.0762. The van der Waals surface area contributed by atoms with Gasteiger partial charge in [-0.25, -0.2) is 0 Å². The number of rotatable bonds is 1. The van der Waals surface area contributed by atoms with Crippen molar-refractivity contribution in [2.24, 2.45) is 0 Å². The van der Waals surface area contributed by atoms with Crippen molar-refractivity contribution in [1.29, 1.82) is 0 Å². The Morgan fingerprint density at radius 2 is 1.84 bits per heavy atom. The number of methoxy groups -OCH3 is 1. The Bertz CT molecular complexity index is 541. The largest absolute Gasteiger partial charge is 0.496 e. The second kappa shape index (κ2) is 4.68. The van der Waals surface area contributed by atoms with Crippen molar-refractivity contribution in [1.82, 2.24) is 5.32 Å². The third-order valence-corrected chi connectivity index (χ3v) is 3.35. The van der Waals surface area contributed by atoms with Crippen LogP contribution < -0.4 is 10.1 Å². The molecule has 4 heteroatoms. The van der Waals surface area contributed by atoms with E-state index in [9.17, 15) is 9.59 Å². The molecule has 0 saturated heterocycles. The van der Waals surface area contributed by atoms with Crippen LogP contribution in [0.1, 0.15) is 48.7 Å². The van der Waals surface area contributed by atoms with Gasteiger partial charge in [0.25, 0.3) is 5.91 Å². The van der Waals surface area contributed by atoms with Gasteiger partial charge in [0.15, 0.2) is 0 Å². The second-order valence-electron chi connectivity index (χ2n) is 5.84. The Morgan fingerprint density at radius 1 is 1.16 bits per heavy atom. The van der Waals surface area contributed by atoms with Crippen molar-refractivity contribution in [3.8, 4) is 5.75 Å². The lowest BCUT2D eigenvalue weighted by Crippen LogP contribution is -2.28. The Morgan fingerprint density at radius 3 is 2.42 bits per heavy atom. The molecule has 1 aromatic rings. The molecule has 2 amide bonds. The van der Waals surface area contributed by atoms with Gasteiger partial charge in [0, 0.05) is 12.0 Å². The first kappa shape index (κ1) is 13.6. The van der Waals surface area contributed by atoms with Crippen LogP contribution in [-0.2, 0) is 16.6 Å². The van der Waals surface area contributed by atoms with Gasteiger partial charge in [-0.1, -0.05) is 26.8 Å². The molecule has 4 nitrogen and oxygen atoms in total. The molecule has 102 valence electrons. The molecule has 1 aliphatic heterocycles. The maximum Gasteiger partial charge on any atom is 0.258 e. The highest BCUT2D eigenvalue weighted by atomic mass is 16.5. The average molecular weight is 261 g/mol. The van der Waals surface area contributed by atoms with Crippen LogP contribution in [0.15, 0.2) is 12.1 Å². The standard InChI is InChI=1S/C15H19NO3/c1-15(2,3)11-7-9-5-6-13(17)16-14(18)10(9)8-12(11)19-4/h7-8H,5-6H2,1-4H3,(H,16,17,18). The quantitative estimate of drug-likeness (QED) is 0.788. The third-order valence-electron chi connectivity index (χ3n) is 3.35. The van der Waals surface area contributed by atoms with Crippen molar-refractivity contribution in [3.63, 3.8) is 0 Å². The summed E-state index contributed by atoms with van der Waals surface area (Å²) in [6.45, 7) is 6.29. The summed E-state index contributed by atoms with van der Waals surface area (Å²) < 4.78 is 5.39. The molecule has 1 heterocycles. The fourth-order valence-corrected chi connectivity index (χ4v) is 2.30. The number of aryl methyl sites for hydroxylation is 1. The molecule has 0 fully saturated rings. The van der Waals surface area contributed by atoms with Crippen LogP contribution in [0.4, 0.5) is 0 Å². The number of nitrogens with one attached hydrogen (secondary N) is 1. The lowest BCUT2D eigenvalue weighted by molar-refractivity contribution is -0.119. The Hall–Kier alpha value is -1.84. The van der Waals surface area contributed by atoms with E-state index in [0.29, 0.717) is 24.2 Å². The van der Waals surface area contributed by atoms with Crippen LogP contribution in [-0.4, -0.2) is 18.9 Å². The van der Waals surface area contributed by atoms with E-state index >= 15 is 0 Å². The molecule has 0 atom stereocenters. The van der Waals surface area contributed by atoms with Gasteiger partial charge in [0.05, 0.1) is 7.11 Å². The lowest BCUT2D eigenvalue weighted by atomic mass is 9.83. The topological polar surface area (TPSA) is 55.4 Å². The van der Waals surface area contributed by atoms with Crippen molar-refractivity contribution in [3.05, 3.63) is 28.8 Å². The number of hydrogen-bond donors (Lipinski definition) is 1. The fourth-order valence-electron chi connectivity index (χ4n) is 2.30. The molecule has 0 spiro atoms. The van der Waals surface area contributed by atoms with E-state index in [1.54, 1.807) is 13.2 Å². The average Bonchev–Trinajstić information content (AvgIpc) is 2.46. The van der Waals surface area contributed by atoms with Crippen LogP contribution in [0.3, 0.4) is 0 Å². The maximum atomic E-state index is 12.0. The highest BCUT2D eigenvalue weighted by Crippen LogP contribution is 2.34. The van der Waals surface area contributed by atoms with Gasteiger partial charge in [-0.05, 0) is 29.0 Å². The number of fused-ring (bicyclic) bond motifs is 1. The molecule has 0 aliphatic carbocycles. The SMILES string of the molecule is COc1cc2c(cc1C(C)(C)C)CCC(=O)NC2=O. The summed E-state index contributed by atoms with van der Waals surface area (Å²) in [5.74, 6) is 0.129. The van der Waals surface area contributed by atoms with E-state index in [1.807, 2.05) is 6.07 Å². The molecule has 0 bridgehead atoms. The number of benzene rings is 1. The smallest absolute Gasteiger partial charge is 0.258 e. The molecule has 2 rings (SSSR count). The van der Waals surface area contributed by atoms with Crippen molar-refractivity contribution in [2.45, 2.75) is 39.0 Å². The van der Waals surface area contributed by atoms with E-state index < -0.39 is 0 Å². The summed E-state index contributed by atoms with van der Waals surface area (Å²) in [5.41, 5.74) is 2.42. The van der Waals surface area contributed by atoms with Crippen molar-refractivity contribution in [2.75, 3.05) is 7.11 Å². The number of ether oxygens (including phenoxy) is 1. The minimum atomic E-state index is -0.337. The number of amides is 2. The predicted octanol–water partition coefficient (Wildman–Crippen LogP) is 2.20. The minimum Gasteiger partial charge on any atom is -0.496 e. The molecular weight excluding hydrogens is 242 g/mol. The molecule has 0 unspecified atom stereocenters. The van der Waals surface area contributed by atoms with Crippen molar-refractivity contribution < 1.29 is 14.3 Å². The number of carbonyl (C=O) groups excluding carboxylic acids is 2. The van der Waals surface area contributed by atoms with Gasteiger partial charge in [0.2, 0.25) is 5.91 Å². The first-order valence-corrected chi connectivity index (χ1v) is 6.38. The summed E-state index contributed by atoms with van der Waals surface area (Å²) in [5, 5.41) is 2.37. The zero-order valence-electron chi connectivity index (χ0n) is 11.8. The normalized spacial score (nSPS) is 15.6. The first-order valence-electron chi connectivity index (χ1n) is 6.38. The molecule has 0 aromatic heterocycles. The van der Waals surface area contributed by atoms with Gasteiger partial charge in [-0.3, -0.25) is 14.9 Å². The van der Waals surface area contributed by atoms with Gasteiger partial charge >= 0.3 is 0 Å². The maximum absolute atomic E-state index is 12.0. The lowest BCUT2D eigenvalue weighted by Gasteiger charge is -2.23. The Labute approximate surface area is 113 Å². The van der Waals surface area contributed by atoms with Crippen LogP contribution >= 0.6 is 0 Å². The molecule has 0 radical (unpaired) electrons. The van der Waals surface area contributed by atoms with Crippen LogP contribution in [0.2, 0.25) is 0 Å². The molecular formula is C15H19NO3. The van der Waals surface area contributed by atoms with Gasteiger partial charge < -0.3 is 4.74 Å². The van der Waals surface area contributed by atoms with Crippen molar-refractivity contribution >= 4 is 11.8 Å². The third kappa shape index (κ3) is 2.62. The molecule has 0 saturated carbocycles. The van der Waals surface area contributed by atoms with Gasteiger partial charge in [0.1, 0.15) is 5.75 Å². The van der Waals surface area contributed by atoms with E-state index in [0.717, 1.165) is 11.1 Å². The van der Waals surface area contributed by atoms with Gasteiger partial charge in [-0.15, -0.1) is 0 Å². The van der Waals surface area contributed by atoms with E-state index in [2.05, 4.69) is 26.1 Å². The monoisotopic (exact) mass is 261 g/mol. The predicted molar refractivity (Wildman–Crippen MR) is 72.5 cm³/mol. The number of imide groups is 1. The van der Waals surface area contributed by atoms with E-state index in [-0.39, 0.29) is 17.2 Å². The first-order chi connectivity index (χ1) is 8.82.